The molecule has 0 aliphatic heterocycles. The van der Waals surface area contributed by atoms with Gasteiger partial charge in [-0.1, -0.05) is 6.07 Å². The second-order valence-electron chi connectivity index (χ2n) is 4.38. The minimum absolute atomic E-state index is 0.0311. The van der Waals surface area contributed by atoms with Crippen molar-refractivity contribution in [3.63, 3.8) is 0 Å². The fraction of sp³-hybridized carbons (Fsp3) is 0.143. The van der Waals surface area contributed by atoms with E-state index in [9.17, 15) is 14.9 Å². The Hall–Kier alpha value is -2.96. The van der Waals surface area contributed by atoms with Gasteiger partial charge in [-0.2, -0.15) is 0 Å². The van der Waals surface area contributed by atoms with Crippen molar-refractivity contribution in [1.82, 2.24) is 4.98 Å². The second kappa shape index (κ2) is 6.00. The minimum atomic E-state index is -0.476. The molecule has 0 atom stereocenters. The normalized spacial score (nSPS) is 10.0. The van der Waals surface area contributed by atoms with Crippen LogP contribution >= 0.6 is 0 Å². The van der Waals surface area contributed by atoms with E-state index in [4.69, 9.17) is 0 Å². The molecule has 1 amide bonds. The van der Waals surface area contributed by atoms with Gasteiger partial charge in [-0.05, 0) is 19.1 Å². The van der Waals surface area contributed by atoms with Gasteiger partial charge >= 0.3 is 0 Å². The van der Waals surface area contributed by atoms with Gasteiger partial charge in [-0.15, -0.1) is 0 Å². The molecule has 0 fully saturated rings. The zero-order valence-corrected chi connectivity index (χ0v) is 11.6. The quantitative estimate of drug-likeness (QED) is 0.665. The summed E-state index contributed by atoms with van der Waals surface area (Å²) in [4.78, 5) is 26.6. The molecular formula is C14H14N4O3. The molecule has 2 N–H and O–H groups in total. The Bertz CT molecular complexity index is 700. The van der Waals surface area contributed by atoms with Crippen molar-refractivity contribution in [2.75, 3.05) is 17.7 Å². The van der Waals surface area contributed by atoms with Crippen LogP contribution in [0, 0.1) is 17.0 Å². The van der Waals surface area contributed by atoms with Crippen LogP contribution in [0.4, 0.5) is 17.1 Å². The van der Waals surface area contributed by atoms with Crippen LogP contribution in [0.3, 0.4) is 0 Å². The highest BCUT2D eigenvalue weighted by Crippen LogP contribution is 2.23. The van der Waals surface area contributed by atoms with Crippen LogP contribution in [0.2, 0.25) is 0 Å². The number of hydrogen-bond donors (Lipinski definition) is 2. The van der Waals surface area contributed by atoms with Crippen molar-refractivity contribution in [3.05, 3.63) is 57.9 Å². The van der Waals surface area contributed by atoms with Gasteiger partial charge in [0.25, 0.3) is 11.6 Å². The molecule has 0 unspecified atom stereocenters. The summed E-state index contributed by atoms with van der Waals surface area (Å²) in [7, 11) is 1.69. The summed E-state index contributed by atoms with van der Waals surface area (Å²) < 4.78 is 0. The van der Waals surface area contributed by atoms with E-state index in [1.54, 1.807) is 32.2 Å². The van der Waals surface area contributed by atoms with Crippen molar-refractivity contribution in [2.45, 2.75) is 6.92 Å². The van der Waals surface area contributed by atoms with Gasteiger partial charge in [0.05, 0.1) is 22.4 Å². The maximum Gasteiger partial charge on any atom is 0.274 e. The van der Waals surface area contributed by atoms with E-state index in [0.29, 0.717) is 22.5 Å². The number of nitro groups is 1. The van der Waals surface area contributed by atoms with Gasteiger partial charge in [0, 0.05) is 30.6 Å². The van der Waals surface area contributed by atoms with E-state index >= 15 is 0 Å². The van der Waals surface area contributed by atoms with Crippen molar-refractivity contribution < 1.29 is 9.72 Å². The number of carbonyl (C=O) groups is 1. The lowest BCUT2D eigenvalue weighted by Crippen LogP contribution is -2.14. The molecule has 0 aliphatic rings. The molecule has 0 bridgehead atoms. The predicted molar refractivity (Wildman–Crippen MR) is 79.6 cm³/mol. The Morgan fingerprint density at radius 2 is 2.10 bits per heavy atom. The summed E-state index contributed by atoms with van der Waals surface area (Å²) in [5.74, 6) is -0.361. The van der Waals surface area contributed by atoms with Crippen molar-refractivity contribution in [1.29, 1.82) is 0 Å². The Morgan fingerprint density at radius 3 is 2.76 bits per heavy atom. The van der Waals surface area contributed by atoms with Crippen LogP contribution in [0.25, 0.3) is 0 Å². The molecule has 0 radical (unpaired) electrons. The first-order valence-corrected chi connectivity index (χ1v) is 6.21. The van der Waals surface area contributed by atoms with Crippen molar-refractivity contribution >= 4 is 23.0 Å². The number of aryl methyl sites for hydroxylation is 1. The third-order valence-corrected chi connectivity index (χ3v) is 3.00. The summed E-state index contributed by atoms with van der Waals surface area (Å²) in [5, 5.41) is 16.4. The van der Waals surface area contributed by atoms with Gasteiger partial charge in [-0.3, -0.25) is 19.9 Å². The Labute approximate surface area is 121 Å². The molecule has 108 valence electrons. The second-order valence-corrected chi connectivity index (χ2v) is 4.38. The van der Waals surface area contributed by atoms with Crippen LogP contribution in [0.1, 0.15) is 15.9 Å². The smallest absolute Gasteiger partial charge is 0.274 e. The molecule has 1 aromatic carbocycles. The topological polar surface area (TPSA) is 97.2 Å². The lowest BCUT2D eigenvalue weighted by molar-refractivity contribution is -0.385. The molecule has 7 nitrogen and oxygen atoms in total. The molecule has 1 aromatic heterocycles. The molecule has 2 rings (SSSR count). The fourth-order valence-corrected chi connectivity index (χ4v) is 1.87. The first-order chi connectivity index (χ1) is 10.0. The molecule has 0 saturated carbocycles. The summed E-state index contributed by atoms with van der Waals surface area (Å²) in [6.45, 7) is 1.64. The fourth-order valence-electron chi connectivity index (χ4n) is 1.87. The number of benzene rings is 1. The van der Waals surface area contributed by atoms with Gasteiger partial charge < -0.3 is 10.6 Å². The summed E-state index contributed by atoms with van der Waals surface area (Å²) in [5.41, 5.74) is 1.87. The number of aromatic nitrogens is 1. The molecule has 0 saturated heterocycles. The van der Waals surface area contributed by atoms with E-state index in [1.807, 2.05) is 0 Å². The lowest BCUT2D eigenvalue weighted by Gasteiger charge is -2.09. The largest absolute Gasteiger partial charge is 0.386 e. The van der Waals surface area contributed by atoms with Crippen LogP contribution in [-0.4, -0.2) is 22.9 Å². The Kier molecular flexibility index (Phi) is 4.13. The average molecular weight is 286 g/mol. The maximum absolute atomic E-state index is 12.2. The van der Waals surface area contributed by atoms with Crippen molar-refractivity contribution in [2.24, 2.45) is 0 Å². The molecule has 1 heterocycles. The number of rotatable bonds is 4. The van der Waals surface area contributed by atoms with Gasteiger partial charge in [-0.25, -0.2) is 0 Å². The highest BCUT2D eigenvalue weighted by molar-refractivity contribution is 6.08. The number of amides is 1. The number of carbonyl (C=O) groups excluding carboxylic acids is 1. The summed E-state index contributed by atoms with van der Waals surface area (Å²) in [6.07, 6.45) is 3.04. The minimum Gasteiger partial charge on any atom is -0.386 e. The lowest BCUT2D eigenvalue weighted by atomic mass is 10.1. The number of pyridine rings is 1. The first kappa shape index (κ1) is 14.4. The zero-order valence-electron chi connectivity index (χ0n) is 11.6. The molecule has 2 aromatic rings. The predicted octanol–water partition coefficient (Wildman–Crippen LogP) is 2.59. The third kappa shape index (κ3) is 3.14. The van der Waals surface area contributed by atoms with Crippen LogP contribution in [0.5, 0.6) is 0 Å². The third-order valence-electron chi connectivity index (χ3n) is 3.00. The monoisotopic (exact) mass is 286 g/mol. The standard InChI is InChI=1S/C14H14N4O3/c1-9-3-4-10(7-13(9)18(20)21)17-14(19)11-5-6-16-8-12(11)15-2/h3-8,15H,1-2H3,(H,17,19). The number of nitrogens with one attached hydrogen (secondary N) is 2. The SMILES string of the molecule is CNc1cnccc1C(=O)Nc1ccc(C)c([N+](=O)[O-])c1. The van der Waals surface area contributed by atoms with Crippen LogP contribution < -0.4 is 10.6 Å². The number of hydrogen-bond acceptors (Lipinski definition) is 5. The maximum atomic E-state index is 12.2. The van der Waals surface area contributed by atoms with Gasteiger partial charge in [0.15, 0.2) is 0 Å². The molecule has 0 spiro atoms. The highest BCUT2D eigenvalue weighted by Gasteiger charge is 2.14. The number of nitrogens with zero attached hydrogens (tertiary/aromatic N) is 2. The highest BCUT2D eigenvalue weighted by atomic mass is 16.6. The molecule has 21 heavy (non-hydrogen) atoms. The first-order valence-electron chi connectivity index (χ1n) is 6.21. The average Bonchev–Trinajstić information content (AvgIpc) is 2.48. The van der Waals surface area contributed by atoms with Crippen molar-refractivity contribution in [3.8, 4) is 0 Å². The van der Waals surface area contributed by atoms with Crippen LogP contribution in [-0.2, 0) is 0 Å². The summed E-state index contributed by atoms with van der Waals surface area (Å²) in [6, 6.07) is 6.14. The molecule has 0 aliphatic carbocycles. The molecule has 7 heteroatoms. The van der Waals surface area contributed by atoms with Gasteiger partial charge in [0.1, 0.15) is 0 Å². The zero-order chi connectivity index (χ0) is 15.4. The Morgan fingerprint density at radius 1 is 1.33 bits per heavy atom. The van der Waals surface area contributed by atoms with Crippen LogP contribution in [0.15, 0.2) is 36.7 Å². The van der Waals surface area contributed by atoms with E-state index in [-0.39, 0.29) is 11.6 Å². The molecular weight excluding hydrogens is 272 g/mol. The van der Waals surface area contributed by atoms with E-state index in [0.717, 1.165) is 0 Å². The Balaban J connectivity index is 2.28. The summed E-state index contributed by atoms with van der Waals surface area (Å²) >= 11 is 0. The van der Waals surface area contributed by atoms with E-state index in [2.05, 4.69) is 15.6 Å². The van der Waals surface area contributed by atoms with E-state index in [1.165, 1.54) is 18.5 Å². The number of nitro benzene ring substituents is 1. The van der Waals surface area contributed by atoms with E-state index < -0.39 is 4.92 Å². The van der Waals surface area contributed by atoms with Gasteiger partial charge in [0.2, 0.25) is 0 Å². The number of anilines is 2.